The summed E-state index contributed by atoms with van der Waals surface area (Å²) in [5, 5.41) is 2.95. The molecule has 0 bridgehead atoms. The molecule has 1 aromatic rings. The molecular weight excluding hydrogens is 363 g/mol. The van der Waals surface area contributed by atoms with Gasteiger partial charge >= 0.3 is 0 Å². The maximum absolute atomic E-state index is 14.6. The van der Waals surface area contributed by atoms with E-state index >= 15 is 0 Å². The van der Waals surface area contributed by atoms with Crippen LogP contribution in [0.4, 0.5) is 15.8 Å². The average molecular weight is 384 g/mol. The quantitative estimate of drug-likeness (QED) is 0.774. The Morgan fingerprint density at radius 3 is 2.58 bits per heavy atom. The first-order valence-corrected chi connectivity index (χ1v) is 10.1. The normalized spacial score (nSPS) is 21.8. The van der Waals surface area contributed by atoms with E-state index in [-0.39, 0.29) is 24.7 Å². The van der Waals surface area contributed by atoms with Crippen LogP contribution in [0.1, 0.15) is 6.42 Å². The topological polar surface area (TPSA) is 90.0 Å². The van der Waals surface area contributed by atoms with E-state index in [1.165, 1.54) is 29.0 Å². The fraction of sp³-hybridized carbons (Fsp3) is 0.500. The molecule has 2 heterocycles. The third-order valence-corrected chi connectivity index (χ3v) is 6.06. The Hall–Kier alpha value is -2.04. The molecule has 2 aliphatic rings. The van der Waals surface area contributed by atoms with Crippen LogP contribution in [0, 0.1) is 5.82 Å². The van der Waals surface area contributed by atoms with Gasteiger partial charge in [0.1, 0.15) is 11.9 Å². The molecule has 8 nitrogen and oxygen atoms in total. The number of hydrogen-bond donors (Lipinski definition) is 1. The summed E-state index contributed by atoms with van der Waals surface area (Å²) in [6, 6.07) is 3.46. The minimum Gasteiger partial charge on any atom is -0.310 e. The van der Waals surface area contributed by atoms with Crippen molar-refractivity contribution >= 4 is 33.2 Å². The first-order valence-electron chi connectivity index (χ1n) is 8.25. The third kappa shape index (κ3) is 3.44. The molecule has 0 spiro atoms. The molecule has 1 aromatic carbocycles. The van der Waals surface area contributed by atoms with Crippen molar-refractivity contribution in [1.82, 2.24) is 9.62 Å². The molecule has 0 aromatic heterocycles. The van der Waals surface area contributed by atoms with Crippen LogP contribution in [0.3, 0.4) is 0 Å². The number of halogens is 1. The van der Waals surface area contributed by atoms with E-state index < -0.39 is 27.8 Å². The van der Waals surface area contributed by atoms with Crippen LogP contribution in [0.25, 0.3) is 0 Å². The molecule has 2 fully saturated rings. The first kappa shape index (κ1) is 18.7. The summed E-state index contributed by atoms with van der Waals surface area (Å²) in [6.07, 6.45) is 1.32. The largest absolute Gasteiger partial charge is 0.310 e. The zero-order valence-corrected chi connectivity index (χ0v) is 15.4. The predicted molar refractivity (Wildman–Crippen MR) is 95.0 cm³/mol. The molecule has 2 aliphatic heterocycles. The minimum absolute atomic E-state index is 0.0886. The fourth-order valence-electron chi connectivity index (χ4n) is 3.23. The van der Waals surface area contributed by atoms with E-state index in [1.807, 2.05) is 0 Å². The van der Waals surface area contributed by atoms with E-state index in [1.54, 1.807) is 6.07 Å². The van der Waals surface area contributed by atoms with Crippen molar-refractivity contribution in [2.24, 2.45) is 0 Å². The standard InChI is InChI=1S/C16H21FN4O4S/c1-19(26(2,24)25)14-5-7-21(16(14)23)13-4-3-11(9-12(13)17)20-8-6-18-10-15(20)22/h3-4,9,14,18H,5-8,10H2,1-2H3. The average Bonchev–Trinajstić information content (AvgIpc) is 2.95. The van der Waals surface area contributed by atoms with Crippen LogP contribution >= 0.6 is 0 Å². The molecule has 1 atom stereocenters. The van der Waals surface area contributed by atoms with Gasteiger partial charge in [-0.2, -0.15) is 4.31 Å². The van der Waals surface area contributed by atoms with Gasteiger partial charge in [-0.1, -0.05) is 0 Å². The molecule has 10 heteroatoms. The number of likely N-dealkylation sites (N-methyl/N-ethyl adjacent to an activating group) is 1. The van der Waals surface area contributed by atoms with Gasteiger partial charge in [0.2, 0.25) is 21.8 Å². The number of benzene rings is 1. The summed E-state index contributed by atoms with van der Waals surface area (Å²) in [7, 11) is -2.18. The second-order valence-electron chi connectivity index (χ2n) is 6.43. The van der Waals surface area contributed by atoms with E-state index in [2.05, 4.69) is 5.32 Å². The highest BCUT2D eigenvalue weighted by atomic mass is 32.2. The van der Waals surface area contributed by atoms with Gasteiger partial charge in [0.15, 0.2) is 0 Å². The smallest absolute Gasteiger partial charge is 0.245 e. The van der Waals surface area contributed by atoms with Crippen LogP contribution < -0.4 is 15.1 Å². The van der Waals surface area contributed by atoms with Gasteiger partial charge in [-0.3, -0.25) is 9.59 Å². The second kappa shape index (κ2) is 6.93. The zero-order chi connectivity index (χ0) is 19.1. The van der Waals surface area contributed by atoms with Crippen LogP contribution in [0.5, 0.6) is 0 Å². The summed E-state index contributed by atoms with van der Waals surface area (Å²) >= 11 is 0. The minimum atomic E-state index is -3.52. The Balaban J connectivity index is 1.82. The summed E-state index contributed by atoms with van der Waals surface area (Å²) in [4.78, 5) is 27.2. The highest BCUT2D eigenvalue weighted by Crippen LogP contribution is 2.30. The van der Waals surface area contributed by atoms with Crippen molar-refractivity contribution in [1.29, 1.82) is 0 Å². The van der Waals surface area contributed by atoms with Gasteiger partial charge in [0.05, 0.1) is 18.5 Å². The Labute approximate surface area is 151 Å². The lowest BCUT2D eigenvalue weighted by Crippen LogP contribution is -2.48. The Morgan fingerprint density at radius 1 is 1.23 bits per heavy atom. The molecular formula is C16H21FN4O4S. The van der Waals surface area contributed by atoms with Crippen LogP contribution in [-0.2, 0) is 19.6 Å². The Morgan fingerprint density at radius 2 is 1.96 bits per heavy atom. The molecule has 2 saturated heterocycles. The number of sulfonamides is 1. The number of amides is 2. The summed E-state index contributed by atoms with van der Waals surface area (Å²) in [5.74, 6) is -1.22. The van der Waals surface area contributed by atoms with Gasteiger partial charge in [0.25, 0.3) is 0 Å². The van der Waals surface area contributed by atoms with E-state index in [0.29, 0.717) is 25.2 Å². The molecule has 26 heavy (non-hydrogen) atoms. The lowest BCUT2D eigenvalue weighted by molar-refractivity contribution is -0.120. The maximum atomic E-state index is 14.6. The van der Waals surface area contributed by atoms with Crippen LogP contribution in [0.2, 0.25) is 0 Å². The van der Waals surface area contributed by atoms with Crippen molar-refractivity contribution in [3.63, 3.8) is 0 Å². The van der Waals surface area contributed by atoms with Gasteiger partial charge in [-0.05, 0) is 24.6 Å². The molecule has 0 saturated carbocycles. The molecule has 0 radical (unpaired) electrons. The molecule has 2 amide bonds. The molecule has 1 unspecified atom stereocenters. The van der Waals surface area contributed by atoms with Gasteiger partial charge in [-0.25, -0.2) is 12.8 Å². The SMILES string of the molecule is CN(C1CCN(c2ccc(N3CCNCC3=O)cc2F)C1=O)S(C)(=O)=O. The second-order valence-corrected chi connectivity index (χ2v) is 8.47. The number of hydrogen-bond acceptors (Lipinski definition) is 5. The lowest BCUT2D eigenvalue weighted by Gasteiger charge is -2.28. The molecule has 0 aliphatic carbocycles. The van der Waals surface area contributed by atoms with Crippen molar-refractivity contribution < 1.29 is 22.4 Å². The summed E-state index contributed by atoms with van der Waals surface area (Å²) in [6.45, 7) is 1.50. The number of nitrogens with one attached hydrogen (secondary N) is 1. The molecule has 3 rings (SSSR count). The van der Waals surface area contributed by atoms with Crippen LogP contribution in [-0.4, -0.2) is 70.1 Å². The van der Waals surface area contributed by atoms with Crippen molar-refractivity contribution in [2.45, 2.75) is 12.5 Å². The lowest BCUT2D eigenvalue weighted by atomic mass is 10.2. The van der Waals surface area contributed by atoms with Crippen molar-refractivity contribution in [3.8, 4) is 0 Å². The van der Waals surface area contributed by atoms with Gasteiger partial charge < -0.3 is 15.1 Å². The number of piperazine rings is 1. The summed E-state index contributed by atoms with van der Waals surface area (Å²) < 4.78 is 39.0. The first-order chi connectivity index (χ1) is 12.2. The zero-order valence-electron chi connectivity index (χ0n) is 14.6. The Bertz CT molecular complexity index is 845. The highest BCUT2D eigenvalue weighted by molar-refractivity contribution is 7.88. The van der Waals surface area contributed by atoms with Gasteiger partial charge in [0, 0.05) is 32.4 Å². The molecule has 142 valence electrons. The highest BCUT2D eigenvalue weighted by Gasteiger charge is 2.39. The van der Waals surface area contributed by atoms with E-state index in [0.717, 1.165) is 10.6 Å². The van der Waals surface area contributed by atoms with E-state index in [9.17, 15) is 22.4 Å². The number of carbonyl (C=O) groups excluding carboxylic acids is 2. The fourth-order valence-corrected chi connectivity index (χ4v) is 3.89. The maximum Gasteiger partial charge on any atom is 0.245 e. The van der Waals surface area contributed by atoms with Crippen LogP contribution in [0.15, 0.2) is 18.2 Å². The number of anilines is 2. The number of rotatable bonds is 4. The van der Waals surface area contributed by atoms with Gasteiger partial charge in [-0.15, -0.1) is 0 Å². The number of carbonyl (C=O) groups is 2. The number of nitrogens with zero attached hydrogens (tertiary/aromatic N) is 3. The molecule has 1 N–H and O–H groups in total. The van der Waals surface area contributed by atoms with Crippen molar-refractivity contribution in [3.05, 3.63) is 24.0 Å². The Kier molecular flexibility index (Phi) is 5.00. The predicted octanol–water partition coefficient (Wildman–Crippen LogP) is -0.241. The summed E-state index contributed by atoms with van der Waals surface area (Å²) in [5.41, 5.74) is 0.528. The monoisotopic (exact) mass is 384 g/mol. The van der Waals surface area contributed by atoms with E-state index in [4.69, 9.17) is 0 Å². The third-order valence-electron chi connectivity index (χ3n) is 4.76. The van der Waals surface area contributed by atoms with Crippen molar-refractivity contribution in [2.75, 3.05) is 49.3 Å².